The summed E-state index contributed by atoms with van der Waals surface area (Å²) in [6.07, 6.45) is -15.8. The van der Waals surface area contributed by atoms with Gasteiger partial charge in [0.05, 0.1) is 0 Å². The first-order valence-electron chi connectivity index (χ1n) is 5.48. The van der Waals surface area contributed by atoms with Crippen molar-refractivity contribution in [1.29, 1.82) is 0 Å². The second-order valence-corrected chi connectivity index (χ2v) is 4.28. The number of rotatable bonds is 5. The maximum atomic E-state index is 12.5. The van der Waals surface area contributed by atoms with E-state index in [1.807, 2.05) is 0 Å². The fourth-order valence-electron chi connectivity index (χ4n) is 1.24. The van der Waals surface area contributed by atoms with Crippen LogP contribution in [0.25, 0.3) is 0 Å². The second-order valence-electron chi connectivity index (χ2n) is 4.28. The molecule has 0 spiro atoms. The van der Waals surface area contributed by atoms with E-state index in [2.05, 4.69) is 11.3 Å². The summed E-state index contributed by atoms with van der Waals surface area (Å²) in [5.41, 5.74) is -5.11. The van der Waals surface area contributed by atoms with E-state index < -0.39 is 36.4 Å². The summed E-state index contributed by atoms with van der Waals surface area (Å²) < 4.78 is 79.2. The van der Waals surface area contributed by atoms with E-state index in [1.54, 1.807) is 0 Å². The molecule has 0 aliphatic carbocycles. The van der Waals surface area contributed by atoms with Crippen LogP contribution in [0.3, 0.4) is 0 Å². The Morgan fingerprint density at radius 1 is 1.20 bits per heavy atom. The Hall–Kier alpha value is -1.25. The summed E-state index contributed by atoms with van der Waals surface area (Å²) in [6.45, 7) is 5.57. The van der Waals surface area contributed by atoms with Crippen LogP contribution in [0.5, 0.6) is 0 Å². The molecule has 0 heterocycles. The minimum absolute atomic E-state index is 0.175. The van der Waals surface area contributed by atoms with Gasteiger partial charge in [0.2, 0.25) is 0 Å². The smallest absolute Gasteiger partial charge is 0.426 e. The first-order chi connectivity index (χ1) is 8.76. The van der Waals surface area contributed by atoms with Crippen LogP contribution >= 0.6 is 0 Å². The van der Waals surface area contributed by atoms with E-state index >= 15 is 0 Å². The Bertz CT molecular complexity index is 357. The predicted molar refractivity (Wildman–Crippen MR) is 56.7 cm³/mol. The highest BCUT2D eigenvalue weighted by atomic mass is 19.4. The molecule has 0 aromatic heterocycles. The Balaban J connectivity index is 5.26. The van der Waals surface area contributed by atoms with Crippen LogP contribution in [-0.4, -0.2) is 35.1 Å². The van der Waals surface area contributed by atoms with Crippen LogP contribution in [0, 0.1) is 0 Å². The Kier molecular flexibility index (Phi) is 5.65. The quantitative estimate of drug-likeness (QED) is 0.482. The van der Waals surface area contributed by atoms with Crippen molar-refractivity contribution in [2.45, 2.75) is 50.7 Å². The SMILES string of the molecule is C=C(C)C(=O)OC(CC)CC(O)(C(F)(F)F)C(F)(F)F. The van der Waals surface area contributed by atoms with Gasteiger partial charge >= 0.3 is 18.3 Å². The molecule has 0 aromatic rings. The normalized spacial score (nSPS) is 14.8. The zero-order valence-electron chi connectivity index (χ0n) is 10.7. The average Bonchev–Trinajstić information content (AvgIpc) is 2.24. The molecule has 3 nitrogen and oxygen atoms in total. The Labute approximate surface area is 111 Å². The number of hydrogen-bond donors (Lipinski definition) is 1. The lowest BCUT2D eigenvalue weighted by atomic mass is 9.93. The molecule has 1 atom stereocenters. The molecule has 0 aliphatic rings. The fraction of sp³-hybridized carbons (Fsp3) is 0.727. The van der Waals surface area contributed by atoms with Crippen LogP contribution < -0.4 is 0 Å². The average molecular weight is 308 g/mol. The summed E-state index contributed by atoms with van der Waals surface area (Å²) in [5.74, 6) is -1.12. The van der Waals surface area contributed by atoms with Gasteiger partial charge in [-0.3, -0.25) is 0 Å². The first-order valence-corrected chi connectivity index (χ1v) is 5.48. The molecule has 0 radical (unpaired) electrons. The molecule has 118 valence electrons. The van der Waals surface area contributed by atoms with Gasteiger partial charge in [0.1, 0.15) is 6.10 Å². The summed E-state index contributed by atoms with van der Waals surface area (Å²) >= 11 is 0. The molecular formula is C11H14F6O3. The summed E-state index contributed by atoms with van der Waals surface area (Å²) in [5, 5.41) is 8.97. The Morgan fingerprint density at radius 3 is 1.85 bits per heavy atom. The van der Waals surface area contributed by atoms with E-state index in [-0.39, 0.29) is 12.0 Å². The molecule has 9 heteroatoms. The third kappa shape index (κ3) is 4.12. The van der Waals surface area contributed by atoms with Gasteiger partial charge in [0, 0.05) is 12.0 Å². The third-order valence-corrected chi connectivity index (χ3v) is 2.54. The standard InChI is InChI=1S/C11H14F6O3/c1-4-7(20-8(18)6(2)3)5-9(19,10(12,13)14)11(15,16)17/h7,19H,2,4-5H2,1,3H3. The second kappa shape index (κ2) is 6.02. The van der Waals surface area contributed by atoms with Crippen LogP contribution in [0.4, 0.5) is 26.3 Å². The number of esters is 1. The van der Waals surface area contributed by atoms with E-state index in [9.17, 15) is 31.1 Å². The Morgan fingerprint density at radius 2 is 1.60 bits per heavy atom. The molecule has 0 aliphatic heterocycles. The van der Waals surface area contributed by atoms with Crippen LogP contribution in [0.1, 0.15) is 26.7 Å². The van der Waals surface area contributed by atoms with Crippen molar-refractivity contribution in [3.05, 3.63) is 12.2 Å². The summed E-state index contributed by atoms with van der Waals surface area (Å²) in [7, 11) is 0. The van der Waals surface area contributed by atoms with Crippen molar-refractivity contribution in [3.8, 4) is 0 Å². The molecule has 0 amide bonds. The zero-order chi connectivity index (χ0) is 16.4. The number of carbonyl (C=O) groups excluding carboxylic acids is 1. The summed E-state index contributed by atoms with van der Waals surface area (Å²) in [6, 6.07) is 0. The molecule has 0 aromatic carbocycles. The summed E-state index contributed by atoms with van der Waals surface area (Å²) in [4.78, 5) is 11.1. The van der Waals surface area contributed by atoms with Gasteiger partial charge in [-0.15, -0.1) is 0 Å². The molecule has 0 bridgehead atoms. The highest BCUT2D eigenvalue weighted by molar-refractivity contribution is 5.87. The third-order valence-electron chi connectivity index (χ3n) is 2.54. The number of hydrogen-bond acceptors (Lipinski definition) is 3. The molecular weight excluding hydrogens is 294 g/mol. The highest BCUT2D eigenvalue weighted by Crippen LogP contribution is 2.46. The minimum Gasteiger partial charge on any atom is -0.459 e. The van der Waals surface area contributed by atoms with E-state index in [0.29, 0.717) is 0 Å². The number of alkyl halides is 6. The molecule has 0 saturated heterocycles. The monoisotopic (exact) mass is 308 g/mol. The van der Waals surface area contributed by atoms with Crippen molar-refractivity contribution in [1.82, 2.24) is 0 Å². The van der Waals surface area contributed by atoms with Crippen LogP contribution in [-0.2, 0) is 9.53 Å². The van der Waals surface area contributed by atoms with Crippen molar-refractivity contribution in [3.63, 3.8) is 0 Å². The maximum absolute atomic E-state index is 12.5. The van der Waals surface area contributed by atoms with Gasteiger partial charge in [-0.25, -0.2) is 4.79 Å². The predicted octanol–water partition coefficient (Wildman–Crippen LogP) is 3.13. The lowest BCUT2D eigenvalue weighted by Crippen LogP contribution is -2.58. The molecule has 0 rings (SSSR count). The fourth-order valence-corrected chi connectivity index (χ4v) is 1.24. The maximum Gasteiger partial charge on any atom is 0.426 e. The molecule has 20 heavy (non-hydrogen) atoms. The molecule has 0 saturated carbocycles. The largest absolute Gasteiger partial charge is 0.459 e. The van der Waals surface area contributed by atoms with Crippen molar-refractivity contribution < 1.29 is 41.0 Å². The van der Waals surface area contributed by atoms with Crippen molar-refractivity contribution in [2.24, 2.45) is 0 Å². The number of carbonyl (C=O) groups is 1. The number of aliphatic hydroxyl groups is 1. The van der Waals surface area contributed by atoms with Crippen LogP contribution in [0.15, 0.2) is 12.2 Å². The van der Waals surface area contributed by atoms with E-state index in [0.717, 1.165) is 0 Å². The van der Waals surface area contributed by atoms with Crippen molar-refractivity contribution in [2.75, 3.05) is 0 Å². The van der Waals surface area contributed by atoms with Gasteiger partial charge in [0.25, 0.3) is 5.60 Å². The van der Waals surface area contributed by atoms with Gasteiger partial charge in [-0.1, -0.05) is 13.5 Å². The molecule has 0 fully saturated rings. The highest BCUT2D eigenvalue weighted by Gasteiger charge is 2.70. The van der Waals surface area contributed by atoms with Crippen LogP contribution in [0.2, 0.25) is 0 Å². The molecule has 1 N–H and O–H groups in total. The number of halogens is 6. The molecule has 1 unspecified atom stereocenters. The van der Waals surface area contributed by atoms with Gasteiger partial charge < -0.3 is 9.84 Å². The number of ether oxygens (including phenoxy) is 1. The van der Waals surface area contributed by atoms with Crippen molar-refractivity contribution >= 4 is 5.97 Å². The van der Waals surface area contributed by atoms with E-state index in [4.69, 9.17) is 5.11 Å². The lowest BCUT2D eigenvalue weighted by molar-refractivity contribution is -0.374. The first kappa shape index (κ1) is 18.8. The van der Waals surface area contributed by atoms with E-state index in [1.165, 1.54) is 13.8 Å². The van der Waals surface area contributed by atoms with Gasteiger partial charge in [-0.2, -0.15) is 26.3 Å². The lowest BCUT2D eigenvalue weighted by Gasteiger charge is -2.34. The topological polar surface area (TPSA) is 46.5 Å². The minimum atomic E-state index is -5.94. The van der Waals surface area contributed by atoms with Gasteiger partial charge in [-0.05, 0) is 13.3 Å². The zero-order valence-corrected chi connectivity index (χ0v) is 10.7. The van der Waals surface area contributed by atoms with Gasteiger partial charge in [0.15, 0.2) is 0 Å².